The van der Waals surface area contributed by atoms with Gasteiger partial charge in [0.25, 0.3) is 5.91 Å². The largest absolute Gasteiger partial charge is 0.335 e. The van der Waals surface area contributed by atoms with Gasteiger partial charge in [0.1, 0.15) is 0 Å². The number of carbonyl (C=O) groups is 1. The van der Waals surface area contributed by atoms with E-state index in [1.165, 1.54) is 0 Å². The molecule has 1 aliphatic rings. The Kier molecular flexibility index (Phi) is 4.27. The molecular formula is C12H15BrClN3O. The number of carbonyl (C=O) groups excluding carboxylic acids is 1. The molecule has 1 aromatic carbocycles. The molecule has 0 aromatic heterocycles. The summed E-state index contributed by atoms with van der Waals surface area (Å²) in [7, 11) is 0. The third-order valence-electron chi connectivity index (χ3n) is 3.24. The molecule has 4 nitrogen and oxygen atoms in total. The predicted octanol–water partition coefficient (Wildman–Crippen LogP) is 2.29. The lowest BCUT2D eigenvalue weighted by atomic mass is 10.0. The maximum Gasteiger partial charge on any atom is 0.254 e. The van der Waals surface area contributed by atoms with Gasteiger partial charge in [0.15, 0.2) is 0 Å². The van der Waals surface area contributed by atoms with E-state index in [-0.39, 0.29) is 12.1 Å². The highest BCUT2D eigenvalue weighted by Gasteiger charge is 2.30. The van der Waals surface area contributed by atoms with Gasteiger partial charge >= 0.3 is 0 Å². The third-order valence-corrected chi connectivity index (χ3v) is 4.06. The van der Waals surface area contributed by atoms with Crippen molar-refractivity contribution in [3.8, 4) is 0 Å². The van der Waals surface area contributed by atoms with E-state index >= 15 is 0 Å². The summed E-state index contributed by atoms with van der Waals surface area (Å²) >= 11 is 9.36. The Hall–Kier alpha value is -0.620. The van der Waals surface area contributed by atoms with Gasteiger partial charge in [0.05, 0.1) is 16.8 Å². The van der Waals surface area contributed by atoms with Gasteiger partial charge in [-0.05, 0) is 25.1 Å². The molecule has 98 valence electrons. The number of nitrogens with one attached hydrogen (secondary N) is 3. The molecule has 18 heavy (non-hydrogen) atoms. The summed E-state index contributed by atoms with van der Waals surface area (Å²) in [5.41, 5.74) is 6.62. The molecule has 0 aliphatic carbocycles. The Bertz CT molecular complexity index is 469. The number of rotatable bonds is 2. The van der Waals surface area contributed by atoms with E-state index in [1.54, 1.807) is 18.2 Å². The Morgan fingerprint density at radius 1 is 1.39 bits per heavy atom. The molecule has 0 radical (unpaired) electrons. The Balaban J connectivity index is 2.10. The monoisotopic (exact) mass is 331 g/mol. The van der Waals surface area contributed by atoms with Crippen LogP contribution >= 0.6 is 27.5 Å². The molecule has 0 spiro atoms. The van der Waals surface area contributed by atoms with Crippen LogP contribution in [-0.4, -0.2) is 18.1 Å². The standard InChI is InChI=1S/C12H15BrClN3O/c1-6-7(2)16-17-11(6)15-12(18)9-5-8(13)3-4-10(9)14/h3-7,11,16-17H,1-2H3,(H,15,18). The number of amides is 1. The van der Waals surface area contributed by atoms with E-state index in [4.69, 9.17) is 11.6 Å². The summed E-state index contributed by atoms with van der Waals surface area (Å²) in [6, 6.07) is 5.54. The molecule has 3 atom stereocenters. The van der Waals surface area contributed by atoms with Gasteiger partial charge in [-0.1, -0.05) is 34.5 Å². The zero-order chi connectivity index (χ0) is 13.3. The number of hydrazine groups is 1. The molecule has 6 heteroatoms. The molecule has 1 fully saturated rings. The first-order valence-electron chi connectivity index (χ1n) is 5.76. The molecule has 1 aliphatic heterocycles. The van der Waals surface area contributed by atoms with Gasteiger partial charge in [-0.3, -0.25) is 10.2 Å². The van der Waals surface area contributed by atoms with Gasteiger partial charge < -0.3 is 5.32 Å². The minimum Gasteiger partial charge on any atom is -0.335 e. The summed E-state index contributed by atoms with van der Waals surface area (Å²) in [6.45, 7) is 4.14. The van der Waals surface area contributed by atoms with Crippen LogP contribution in [-0.2, 0) is 0 Å². The van der Waals surface area contributed by atoms with E-state index in [9.17, 15) is 4.79 Å². The normalized spacial score (nSPS) is 27.2. The van der Waals surface area contributed by atoms with Crippen LogP contribution in [0.5, 0.6) is 0 Å². The quantitative estimate of drug-likeness (QED) is 0.779. The van der Waals surface area contributed by atoms with Crippen LogP contribution in [0.3, 0.4) is 0 Å². The number of hydrogen-bond donors (Lipinski definition) is 3. The first-order chi connectivity index (χ1) is 8.49. The smallest absolute Gasteiger partial charge is 0.254 e. The topological polar surface area (TPSA) is 53.2 Å². The first kappa shape index (κ1) is 13.8. The first-order valence-corrected chi connectivity index (χ1v) is 6.93. The maximum atomic E-state index is 12.1. The third kappa shape index (κ3) is 2.85. The van der Waals surface area contributed by atoms with Crippen molar-refractivity contribution >= 4 is 33.4 Å². The molecule has 0 saturated carbocycles. The SMILES string of the molecule is CC1NNC(NC(=O)c2cc(Br)ccc2Cl)C1C. The molecule has 0 bridgehead atoms. The van der Waals surface area contributed by atoms with Crippen molar-refractivity contribution in [1.29, 1.82) is 0 Å². The summed E-state index contributed by atoms with van der Waals surface area (Å²) in [5, 5.41) is 3.37. The molecular weight excluding hydrogens is 318 g/mol. The fraction of sp³-hybridized carbons (Fsp3) is 0.417. The number of benzene rings is 1. The molecule has 1 heterocycles. The van der Waals surface area contributed by atoms with E-state index in [1.807, 2.05) is 0 Å². The Morgan fingerprint density at radius 2 is 2.11 bits per heavy atom. The van der Waals surface area contributed by atoms with E-state index < -0.39 is 0 Å². The lowest BCUT2D eigenvalue weighted by Gasteiger charge is -2.18. The highest BCUT2D eigenvalue weighted by atomic mass is 79.9. The lowest BCUT2D eigenvalue weighted by Crippen LogP contribution is -2.46. The van der Waals surface area contributed by atoms with Crippen LogP contribution < -0.4 is 16.2 Å². The second kappa shape index (κ2) is 5.57. The lowest BCUT2D eigenvalue weighted by molar-refractivity contribution is 0.0923. The van der Waals surface area contributed by atoms with Crippen LogP contribution in [0.4, 0.5) is 0 Å². The van der Waals surface area contributed by atoms with Crippen LogP contribution in [0, 0.1) is 5.92 Å². The average molecular weight is 333 g/mol. The zero-order valence-electron chi connectivity index (χ0n) is 10.1. The molecule has 1 amide bonds. The summed E-state index contributed by atoms with van der Waals surface area (Å²) in [6.07, 6.45) is -0.0949. The fourth-order valence-electron chi connectivity index (χ4n) is 1.83. The van der Waals surface area contributed by atoms with Gasteiger partial charge in [-0.15, -0.1) is 0 Å². The highest BCUT2D eigenvalue weighted by molar-refractivity contribution is 9.10. The van der Waals surface area contributed by atoms with Crippen molar-refractivity contribution < 1.29 is 4.79 Å². The Labute approximate surface area is 120 Å². The van der Waals surface area contributed by atoms with Crippen LogP contribution in [0.25, 0.3) is 0 Å². The highest BCUT2D eigenvalue weighted by Crippen LogP contribution is 2.21. The average Bonchev–Trinajstić information content (AvgIpc) is 2.64. The van der Waals surface area contributed by atoms with Crippen molar-refractivity contribution in [3.63, 3.8) is 0 Å². The summed E-state index contributed by atoms with van der Waals surface area (Å²) in [4.78, 5) is 12.1. The molecule has 3 unspecified atom stereocenters. The van der Waals surface area contributed by atoms with Gasteiger partial charge in [-0.2, -0.15) is 0 Å². The van der Waals surface area contributed by atoms with Crippen molar-refractivity contribution in [2.24, 2.45) is 5.92 Å². The second-order valence-electron chi connectivity index (χ2n) is 4.51. The second-order valence-corrected chi connectivity index (χ2v) is 5.83. The molecule has 3 N–H and O–H groups in total. The summed E-state index contributed by atoms with van der Waals surface area (Å²) in [5.74, 6) is 0.126. The molecule has 1 saturated heterocycles. The van der Waals surface area contributed by atoms with E-state index in [0.717, 1.165) is 4.47 Å². The van der Waals surface area contributed by atoms with Crippen molar-refractivity contribution in [3.05, 3.63) is 33.3 Å². The number of hydrogen-bond acceptors (Lipinski definition) is 3. The molecule has 1 aromatic rings. The van der Waals surface area contributed by atoms with E-state index in [0.29, 0.717) is 22.5 Å². The zero-order valence-corrected chi connectivity index (χ0v) is 12.5. The van der Waals surface area contributed by atoms with Gasteiger partial charge in [-0.25, -0.2) is 5.43 Å². The number of halogens is 2. The van der Waals surface area contributed by atoms with E-state index in [2.05, 4.69) is 45.9 Å². The van der Waals surface area contributed by atoms with Gasteiger partial charge in [0, 0.05) is 16.4 Å². The predicted molar refractivity (Wildman–Crippen MR) is 75.3 cm³/mol. The van der Waals surface area contributed by atoms with Crippen LogP contribution in [0.1, 0.15) is 24.2 Å². The Morgan fingerprint density at radius 3 is 2.72 bits per heavy atom. The minimum absolute atomic E-state index is 0.0949. The molecule has 2 rings (SSSR count). The van der Waals surface area contributed by atoms with Crippen molar-refractivity contribution in [2.45, 2.75) is 26.1 Å². The fourth-order valence-corrected chi connectivity index (χ4v) is 2.40. The summed E-state index contributed by atoms with van der Waals surface area (Å²) < 4.78 is 0.830. The maximum absolute atomic E-state index is 12.1. The van der Waals surface area contributed by atoms with Crippen molar-refractivity contribution in [2.75, 3.05) is 0 Å². The minimum atomic E-state index is -0.179. The van der Waals surface area contributed by atoms with Crippen molar-refractivity contribution in [1.82, 2.24) is 16.2 Å². The van der Waals surface area contributed by atoms with Crippen LogP contribution in [0.15, 0.2) is 22.7 Å². The van der Waals surface area contributed by atoms with Crippen LogP contribution in [0.2, 0.25) is 5.02 Å². The van der Waals surface area contributed by atoms with Gasteiger partial charge in [0.2, 0.25) is 0 Å².